The van der Waals surface area contributed by atoms with Crippen LogP contribution in [-0.4, -0.2) is 14.3 Å². The Labute approximate surface area is 177 Å². The molecular weight excluding hydrogens is 431 g/mol. The van der Waals surface area contributed by atoms with Gasteiger partial charge in [-0.1, -0.05) is 42.0 Å². The Morgan fingerprint density at radius 3 is 2.06 bits per heavy atom. The SMILES string of the molecule is Cc1ccc(S(=O)(=O)NNC(=O)c2ccccc2Nc2ccccc2C(F)(F)F)cc1. The van der Waals surface area contributed by atoms with Crippen molar-refractivity contribution in [1.29, 1.82) is 0 Å². The summed E-state index contributed by atoms with van der Waals surface area (Å²) in [4.78, 5) is 14.5. The lowest BCUT2D eigenvalue weighted by Crippen LogP contribution is -2.41. The molecule has 31 heavy (non-hydrogen) atoms. The minimum atomic E-state index is -4.59. The molecule has 3 rings (SSSR count). The highest BCUT2D eigenvalue weighted by molar-refractivity contribution is 7.89. The first kappa shape index (κ1) is 22.3. The zero-order valence-electron chi connectivity index (χ0n) is 16.2. The van der Waals surface area contributed by atoms with E-state index >= 15 is 0 Å². The lowest BCUT2D eigenvalue weighted by atomic mass is 10.1. The van der Waals surface area contributed by atoms with Crippen molar-refractivity contribution in [2.45, 2.75) is 18.0 Å². The van der Waals surface area contributed by atoms with E-state index in [4.69, 9.17) is 0 Å². The van der Waals surface area contributed by atoms with Gasteiger partial charge in [-0.15, -0.1) is 4.83 Å². The second kappa shape index (κ2) is 8.78. The number of hydrogen-bond acceptors (Lipinski definition) is 4. The number of benzene rings is 3. The van der Waals surface area contributed by atoms with Crippen molar-refractivity contribution in [3.63, 3.8) is 0 Å². The van der Waals surface area contributed by atoms with Gasteiger partial charge in [0.1, 0.15) is 0 Å². The van der Waals surface area contributed by atoms with Crippen LogP contribution in [0.5, 0.6) is 0 Å². The Kier molecular flexibility index (Phi) is 6.32. The van der Waals surface area contributed by atoms with Gasteiger partial charge in [0.25, 0.3) is 15.9 Å². The number of halogens is 3. The van der Waals surface area contributed by atoms with Crippen molar-refractivity contribution in [2.75, 3.05) is 5.32 Å². The van der Waals surface area contributed by atoms with Gasteiger partial charge < -0.3 is 5.32 Å². The summed E-state index contributed by atoms with van der Waals surface area (Å²) in [6, 6.07) is 16.6. The molecule has 0 radical (unpaired) electrons. The van der Waals surface area contributed by atoms with E-state index in [9.17, 15) is 26.4 Å². The summed E-state index contributed by atoms with van der Waals surface area (Å²) in [5.41, 5.74) is 1.83. The molecule has 0 saturated heterocycles. The molecule has 0 atom stereocenters. The van der Waals surface area contributed by atoms with E-state index in [1.54, 1.807) is 19.1 Å². The van der Waals surface area contributed by atoms with E-state index in [0.29, 0.717) is 0 Å². The lowest BCUT2D eigenvalue weighted by molar-refractivity contribution is -0.136. The van der Waals surface area contributed by atoms with Crippen molar-refractivity contribution in [3.05, 3.63) is 89.5 Å². The van der Waals surface area contributed by atoms with E-state index in [-0.39, 0.29) is 21.8 Å². The Bertz CT molecular complexity index is 1190. The van der Waals surface area contributed by atoms with Crippen LogP contribution in [0.1, 0.15) is 21.5 Å². The minimum Gasteiger partial charge on any atom is -0.354 e. The van der Waals surface area contributed by atoms with Crippen LogP contribution in [-0.2, 0) is 16.2 Å². The number of para-hydroxylation sites is 2. The van der Waals surface area contributed by atoms with Crippen LogP contribution in [0.3, 0.4) is 0 Å². The van der Waals surface area contributed by atoms with Gasteiger partial charge >= 0.3 is 6.18 Å². The van der Waals surface area contributed by atoms with Crippen LogP contribution in [0.2, 0.25) is 0 Å². The van der Waals surface area contributed by atoms with Gasteiger partial charge in [-0.25, -0.2) is 8.42 Å². The summed E-state index contributed by atoms with van der Waals surface area (Å²) in [5, 5.41) is 2.61. The van der Waals surface area contributed by atoms with Crippen molar-refractivity contribution < 1.29 is 26.4 Å². The first-order chi connectivity index (χ1) is 14.6. The molecule has 6 nitrogen and oxygen atoms in total. The molecule has 0 bridgehead atoms. The van der Waals surface area contributed by atoms with Crippen LogP contribution >= 0.6 is 0 Å². The zero-order chi connectivity index (χ0) is 22.6. The molecule has 0 unspecified atom stereocenters. The Balaban J connectivity index is 1.81. The van der Waals surface area contributed by atoms with Gasteiger partial charge in [-0.05, 0) is 43.3 Å². The van der Waals surface area contributed by atoms with E-state index in [1.807, 2.05) is 4.83 Å². The molecule has 3 aromatic carbocycles. The third kappa shape index (κ3) is 5.41. The molecule has 3 N–H and O–H groups in total. The second-order valence-electron chi connectivity index (χ2n) is 6.59. The van der Waals surface area contributed by atoms with Crippen LogP contribution in [0, 0.1) is 6.92 Å². The first-order valence-electron chi connectivity index (χ1n) is 8.99. The Hall–Kier alpha value is -3.37. The normalized spacial score (nSPS) is 11.7. The van der Waals surface area contributed by atoms with Crippen molar-refractivity contribution >= 4 is 27.3 Å². The van der Waals surface area contributed by atoms with Gasteiger partial charge in [0.2, 0.25) is 0 Å². The highest BCUT2D eigenvalue weighted by Gasteiger charge is 2.33. The summed E-state index contributed by atoms with van der Waals surface area (Å²) in [6.45, 7) is 1.80. The second-order valence-corrected chi connectivity index (χ2v) is 8.27. The number of rotatable bonds is 6. The van der Waals surface area contributed by atoms with E-state index < -0.39 is 27.7 Å². The minimum absolute atomic E-state index is 0.0499. The predicted octanol–water partition coefficient (Wildman–Crippen LogP) is 4.38. The largest absolute Gasteiger partial charge is 0.418 e. The summed E-state index contributed by atoms with van der Waals surface area (Å²) in [7, 11) is -4.03. The molecule has 10 heteroatoms. The summed E-state index contributed by atoms with van der Waals surface area (Å²) < 4.78 is 64.4. The number of carbonyl (C=O) groups excluding carboxylic acids is 1. The molecule has 0 aliphatic carbocycles. The highest BCUT2D eigenvalue weighted by Crippen LogP contribution is 2.36. The van der Waals surface area contributed by atoms with E-state index in [0.717, 1.165) is 11.6 Å². The fourth-order valence-corrected chi connectivity index (χ4v) is 3.57. The summed E-state index contributed by atoms with van der Waals surface area (Å²) in [6.07, 6.45) is -4.59. The third-order valence-electron chi connectivity index (χ3n) is 4.30. The molecule has 162 valence electrons. The third-order valence-corrected chi connectivity index (χ3v) is 5.57. The maximum Gasteiger partial charge on any atom is 0.418 e. The van der Waals surface area contributed by atoms with E-state index in [1.165, 1.54) is 54.6 Å². The molecule has 0 fully saturated rings. The number of alkyl halides is 3. The monoisotopic (exact) mass is 449 g/mol. The van der Waals surface area contributed by atoms with Crippen LogP contribution in [0.25, 0.3) is 0 Å². The Morgan fingerprint density at radius 2 is 1.42 bits per heavy atom. The zero-order valence-corrected chi connectivity index (χ0v) is 17.0. The molecule has 1 amide bonds. The van der Waals surface area contributed by atoms with Crippen LogP contribution in [0.4, 0.5) is 24.5 Å². The number of aryl methyl sites for hydroxylation is 1. The first-order valence-corrected chi connectivity index (χ1v) is 10.5. The average molecular weight is 449 g/mol. The van der Waals surface area contributed by atoms with Gasteiger partial charge in [-0.2, -0.15) is 13.2 Å². The average Bonchev–Trinajstić information content (AvgIpc) is 2.72. The van der Waals surface area contributed by atoms with Crippen molar-refractivity contribution in [3.8, 4) is 0 Å². The standard InChI is InChI=1S/C21H18F3N3O3S/c1-14-10-12-15(13-11-14)31(29,30)27-26-20(28)16-6-2-4-8-18(16)25-19-9-5-3-7-17(19)21(22,23)24/h2-13,25,27H,1H3,(H,26,28). The molecule has 0 aromatic heterocycles. The smallest absolute Gasteiger partial charge is 0.354 e. The summed E-state index contributed by atoms with van der Waals surface area (Å²) in [5.74, 6) is -0.844. The number of amides is 1. The predicted molar refractivity (Wildman–Crippen MR) is 110 cm³/mol. The molecule has 0 heterocycles. The van der Waals surface area contributed by atoms with Crippen LogP contribution in [0.15, 0.2) is 77.7 Å². The fourth-order valence-electron chi connectivity index (χ4n) is 2.73. The van der Waals surface area contributed by atoms with Crippen LogP contribution < -0.4 is 15.6 Å². The Morgan fingerprint density at radius 1 is 0.839 bits per heavy atom. The number of nitrogens with one attached hydrogen (secondary N) is 3. The highest BCUT2D eigenvalue weighted by atomic mass is 32.2. The van der Waals surface area contributed by atoms with Crippen molar-refractivity contribution in [2.24, 2.45) is 0 Å². The van der Waals surface area contributed by atoms with Gasteiger partial charge in [0.05, 0.1) is 27.4 Å². The maximum absolute atomic E-state index is 13.3. The number of hydrogen-bond donors (Lipinski definition) is 3. The lowest BCUT2D eigenvalue weighted by Gasteiger charge is -2.16. The fraction of sp³-hybridized carbons (Fsp3) is 0.0952. The number of anilines is 2. The van der Waals surface area contributed by atoms with Gasteiger partial charge in [0.15, 0.2) is 0 Å². The molecule has 3 aromatic rings. The maximum atomic E-state index is 13.3. The van der Waals surface area contributed by atoms with Gasteiger partial charge in [0, 0.05) is 0 Å². The van der Waals surface area contributed by atoms with Crippen molar-refractivity contribution in [1.82, 2.24) is 10.3 Å². The number of hydrazine groups is 1. The van der Waals surface area contributed by atoms with Gasteiger partial charge in [-0.3, -0.25) is 10.2 Å². The molecule has 0 aliphatic rings. The quantitative estimate of drug-likeness (QED) is 0.488. The molecule has 0 saturated carbocycles. The number of carbonyl (C=O) groups is 1. The molecular formula is C21H18F3N3O3S. The van der Waals surface area contributed by atoms with E-state index in [2.05, 4.69) is 10.7 Å². The molecule has 0 spiro atoms. The number of sulfonamides is 1. The topological polar surface area (TPSA) is 87.3 Å². The molecule has 0 aliphatic heterocycles. The summed E-state index contributed by atoms with van der Waals surface area (Å²) >= 11 is 0.